The van der Waals surface area contributed by atoms with E-state index in [0.29, 0.717) is 35.4 Å². The van der Waals surface area contributed by atoms with Crippen molar-refractivity contribution in [3.8, 4) is 17.2 Å². The van der Waals surface area contributed by atoms with Gasteiger partial charge in [0.1, 0.15) is 11.5 Å². The van der Waals surface area contributed by atoms with Crippen molar-refractivity contribution in [2.45, 2.75) is 20.3 Å². The molecule has 5 nitrogen and oxygen atoms in total. The van der Waals surface area contributed by atoms with E-state index in [4.69, 9.17) is 9.15 Å². The number of hydrogen-bond acceptors (Lipinski definition) is 4. The van der Waals surface area contributed by atoms with E-state index in [2.05, 4.69) is 10.3 Å². The Morgan fingerprint density at radius 3 is 2.60 bits per heavy atom. The minimum Gasteiger partial charge on any atom is -0.492 e. The van der Waals surface area contributed by atoms with Crippen LogP contribution in [0.1, 0.15) is 18.4 Å². The molecule has 1 heterocycles. The van der Waals surface area contributed by atoms with Gasteiger partial charge in [0.25, 0.3) is 0 Å². The van der Waals surface area contributed by atoms with Crippen LogP contribution >= 0.6 is 0 Å². The number of nitrogens with one attached hydrogen (secondary N) is 1. The molecule has 0 fully saturated rings. The minimum absolute atomic E-state index is 0.117. The molecule has 3 aromatic rings. The van der Waals surface area contributed by atoms with Gasteiger partial charge in [-0.15, -0.1) is 0 Å². The highest BCUT2D eigenvalue weighted by molar-refractivity contribution is 5.93. The predicted octanol–water partition coefficient (Wildman–Crippen LogP) is 4.23. The maximum atomic E-state index is 12.4. The van der Waals surface area contributed by atoms with Crippen molar-refractivity contribution in [2.75, 3.05) is 11.9 Å². The second-order valence-electron chi connectivity index (χ2n) is 5.55. The Bertz CT molecular complexity index is 856. The number of aromatic nitrogens is 1. The topological polar surface area (TPSA) is 64.4 Å². The van der Waals surface area contributed by atoms with Crippen LogP contribution in [0, 0.1) is 6.92 Å². The molecule has 5 heteroatoms. The van der Waals surface area contributed by atoms with Crippen molar-refractivity contribution >= 4 is 11.6 Å². The first kappa shape index (κ1) is 16.8. The molecular formula is C20H20N2O3. The highest BCUT2D eigenvalue weighted by Gasteiger charge is 2.16. The zero-order valence-electron chi connectivity index (χ0n) is 14.3. The molecule has 0 aliphatic carbocycles. The van der Waals surface area contributed by atoms with Crippen LogP contribution in [0.2, 0.25) is 0 Å². The smallest absolute Gasteiger partial charge is 0.232 e. The summed E-state index contributed by atoms with van der Waals surface area (Å²) in [5, 5.41) is 2.87. The summed E-state index contributed by atoms with van der Waals surface area (Å²) in [5.41, 5.74) is 2.25. The molecule has 0 aliphatic heterocycles. The number of benzene rings is 2. The molecule has 0 saturated carbocycles. The van der Waals surface area contributed by atoms with Crippen molar-refractivity contribution in [1.29, 1.82) is 0 Å². The van der Waals surface area contributed by atoms with E-state index in [-0.39, 0.29) is 12.3 Å². The highest BCUT2D eigenvalue weighted by atomic mass is 16.5. The number of rotatable bonds is 6. The average Bonchev–Trinajstić information content (AvgIpc) is 2.98. The summed E-state index contributed by atoms with van der Waals surface area (Å²) < 4.78 is 11.3. The molecule has 0 unspecified atom stereocenters. The first-order valence-corrected chi connectivity index (χ1v) is 8.20. The summed E-state index contributed by atoms with van der Waals surface area (Å²) in [6.07, 6.45) is 0.117. The number of para-hydroxylation sites is 2. The van der Waals surface area contributed by atoms with Crippen LogP contribution in [0.4, 0.5) is 5.69 Å². The zero-order chi connectivity index (χ0) is 17.6. The molecule has 0 spiro atoms. The Kier molecular flexibility index (Phi) is 5.14. The molecule has 0 atom stereocenters. The van der Waals surface area contributed by atoms with Gasteiger partial charge < -0.3 is 14.5 Å². The molecule has 0 saturated heterocycles. The lowest BCUT2D eigenvalue weighted by Crippen LogP contribution is -2.15. The monoisotopic (exact) mass is 336 g/mol. The van der Waals surface area contributed by atoms with E-state index in [9.17, 15) is 4.79 Å². The number of carbonyl (C=O) groups excluding carboxylic acids is 1. The van der Waals surface area contributed by atoms with Gasteiger partial charge in [-0.2, -0.15) is 0 Å². The van der Waals surface area contributed by atoms with Gasteiger partial charge in [0.15, 0.2) is 0 Å². The van der Waals surface area contributed by atoms with Crippen molar-refractivity contribution in [3.63, 3.8) is 0 Å². The summed E-state index contributed by atoms with van der Waals surface area (Å²) in [4.78, 5) is 16.8. The van der Waals surface area contributed by atoms with E-state index in [1.54, 1.807) is 0 Å². The summed E-state index contributed by atoms with van der Waals surface area (Å²) in [6, 6.07) is 17.0. The summed E-state index contributed by atoms with van der Waals surface area (Å²) in [7, 11) is 0. The number of aryl methyl sites for hydroxylation is 1. The fourth-order valence-corrected chi connectivity index (χ4v) is 2.49. The van der Waals surface area contributed by atoms with Crippen molar-refractivity contribution in [3.05, 3.63) is 66.1 Å². The molecule has 1 N–H and O–H groups in total. The van der Waals surface area contributed by atoms with Crippen molar-refractivity contribution in [1.82, 2.24) is 4.98 Å². The van der Waals surface area contributed by atoms with Crippen LogP contribution in [-0.2, 0) is 11.2 Å². The zero-order valence-corrected chi connectivity index (χ0v) is 14.3. The summed E-state index contributed by atoms with van der Waals surface area (Å²) in [6.45, 7) is 4.28. The van der Waals surface area contributed by atoms with Gasteiger partial charge in [-0.1, -0.05) is 30.3 Å². The number of ether oxygens (including phenoxy) is 1. The molecule has 1 amide bonds. The number of hydrogen-bond donors (Lipinski definition) is 1. The fraction of sp³-hybridized carbons (Fsp3) is 0.200. The van der Waals surface area contributed by atoms with Crippen molar-refractivity contribution in [2.24, 2.45) is 0 Å². The molecule has 25 heavy (non-hydrogen) atoms. The van der Waals surface area contributed by atoms with E-state index in [1.165, 1.54) is 0 Å². The molecule has 2 aromatic carbocycles. The standard InChI is InChI=1S/C20H20N2O3/c1-3-24-17-12-8-7-11-16(17)22-19(23)13-18-14(2)21-20(25-18)15-9-5-4-6-10-15/h4-12H,3,13H2,1-2H3,(H,22,23). The van der Waals surface area contributed by atoms with E-state index < -0.39 is 0 Å². The first-order chi connectivity index (χ1) is 12.2. The van der Waals surface area contributed by atoms with Crippen molar-refractivity contribution < 1.29 is 13.9 Å². The third-order valence-corrected chi connectivity index (χ3v) is 3.70. The van der Waals surface area contributed by atoms with Gasteiger partial charge in [-0.05, 0) is 38.1 Å². The number of anilines is 1. The van der Waals surface area contributed by atoms with Gasteiger partial charge in [-0.25, -0.2) is 4.98 Å². The molecule has 0 bridgehead atoms. The van der Waals surface area contributed by atoms with Crippen LogP contribution in [0.15, 0.2) is 59.0 Å². The fourth-order valence-electron chi connectivity index (χ4n) is 2.49. The second kappa shape index (κ2) is 7.66. The Labute approximate surface area is 146 Å². The lowest BCUT2D eigenvalue weighted by molar-refractivity contribution is -0.115. The Hall–Kier alpha value is -3.08. The predicted molar refractivity (Wildman–Crippen MR) is 96.6 cm³/mol. The largest absolute Gasteiger partial charge is 0.492 e. The van der Waals surface area contributed by atoms with E-state index >= 15 is 0 Å². The normalized spacial score (nSPS) is 10.5. The lowest BCUT2D eigenvalue weighted by atomic mass is 10.2. The summed E-state index contributed by atoms with van der Waals surface area (Å²) in [5.74, 6) is 1.56. The molecule has 1 aromatic heterocycles. The first-order valence-electron chi connectivity index (χ1n) is 8.20. The Morgan fingerprint density at radius 2 is 1.84 bits per heavy atom. The van der Waals surface area contributed by atoms with Gasteiger partial charge in [0, 0.05) is 5.56 Å². The number of carbonyl (C=O) groups is 1. The lowest BCUT2D eigenvalue weighted by Gasteiger charge is -2.10. The van der Waals surface area contributed by atoms with Crippen LogP contribution < -0.4 is 10.1 Å². The van der Waals surface area contributed by atoms with Crippen LogP contribution in [-0.4, -0.2) is 17.5 Å². The van der Waals surface area contributed by atoms with Crippen LogP contribution in [0.3, 0.4) is 0 Å². The molecule has 128 valence electrons. The van der Waals surface area contributed by atoms with Crippen LogP contribution in [0.5, 0.6) is 5.75 Å². The number of oxazole rings is 1. The third kappa shape index (κ3) is 4.07. The molecule has 0 aliphatic rings. The van der Waals surface area contributed by atoms with E-state index in [0.717, 1.165) is 5.56 Å². The van der Waals surface area contributed by atoms with Gasteiger partial charge >= 0.3 is 0 Å². The number of amides is 1. The Balaban J connectivity index is 1.73. The highest BCUT2D eigenvalue weighted by Crippen LogP contribution is 2.25. The maximum absolute atomic E-state index is 12.4. The van der Waals surface area contributed by atoms with Crippen LogP contribution in [0.25, 0.3) is 11.5 Å². The minimum atomic E-state index is -0.175. The quantitative estimate of drug-likeness (QED) is 0.731. The van der Waals surface area contributed by atoms with Gasteiger partial charge in [0.05, 0.1) is 24.4 Å². The second-order valence-corrected chi connectivity index (χ2v) is 5.55. The van der Waals surface area contributed by atoms with Gasteiger partial charge in [0.2, 0.25) is 11.8 Å². The Morgan fingerprint density at radius 1 is 1.12 bits per heavy atom. The molecule has 0 radical (unpaired) electrons. The van der Waals surface area contributed by atoms with E-state index in [1.807, 2.05) is 68.4 Å². The summed E-state index contributed by atoms with van der Waals surface area (Å²) >= 11 is 0. The van der Waals surface area contributed by atoms with Gasteiger partial charge in [-0.3, -0.25) is 4.79 Å². The SMILES string of the molecule is CCOc1ccccc1NC(=O)Cc1oc(-c2ccccc2)nc1C. The number of nitrogens with zero attached hydrogens (tertiary/aromatic N) is 1. The molecular weight excluding hydrogens is 316 g/mol. The molecule has 3 rings (SSSR count). The third-order valence-electron chi connectivity index (χ3n) is 3.70. The average molecular weight is 336 g/mol. The maximum Gasteiger partial charge on any atom is 0.232 e.